The minimum absolute atomic E-state index is 0.00710. The van der Waals surface area contributed by atoms with E-state index in [-0.39, 0.29) is 10.8 Å². The fourth-order valence-electron chi connectivity index (χ4n) is 2.60. The number of rotatable bonds is 6. The molecule has 0 saturated heterocycles. The monoisotopic (exact) mass is 386 g/mol. The van der Waals surface area contributed by atoms with E-state index in [1.165, 1.54) is 5.56 Å². The molecule has 1 unspecified atom stereocenters. The van der Waals surface area contributed by atoms with Crippen LogP contribution in [0.1, 0.15) is 39.9 Å². The first-order valence-electron chi connectivity index (χ1n) is 8.05. The van der Waals surface area contributed by atoms with E-state index >= 15 is 0 Å². The number of aryl methyl sites for hydroxylation is 1. The lowest BCUT2D eigenvalue weighted by Gasteiger charge is -2.09. The first-order chi connectivity index (χ1) is 11.7. The minimum Gasteiger partial charge on any atom is -0.467 e. The van der Waals surface area contributed by atoms with Gasteiger partial charge in [-0.2, -0.15) is 0 Å². The van der Waals surface area contributed by atoms with E-state index in [1.807, 2.05) is 48.5 Å². The predicted octanol–water partition coefficient (Wildman–Crippen LogP) is 5.68. The Morgan fingerprint density at radius 1 is 1.17 bits per heavy atom. The van der Waals surface area contributed by atoms with E-state index < -0.39 is 0 Å². The number of hydrogen-bond acceptors (Lipinski definition) is 3. The lowest BCUT2D eigenvalue weighted by atomic mass is 10.1. The number of fused-ring (bicyclic) bond motifs is 1. The summed E-state index contributed by atoms with van der Waals surface area (Å²) in [5.74, 6) is 0.579. The van der Waals surface area contributed by atoms with Gasteiger partial charge in [-0.15, -0.1) is 0 Å². The number of ether oxygens (including phenoxy) is 1. The zero-order valence-corrected chi connectivity index (χ0v) is 15.1. The van der Waals surface area contributed by atoms with Crippen molar-refractivity contribution in [1.82, 2.24) is 0 Å². The summed E-state index contributed by atoms with van der Waals surface area (Å²) in [6.45, 7) is 2.42. The SMILES string of the molecule is CCc1ccc(C(=O)OCCC(Br)c2occ3ccccc23)cc1. The Balaban J connectivity index is 1.56. The molecular formula is C20H19BrO3. The number of esters is 1. The van der Waals surface area contributed by atoms with Gasteiger partial charge in [-0.25, -0.2) is 4.79 Å². The van der Waals surface area contributed by atoms with Crippen LogP contribution in [0.3, 0.4) is 0 Å². The molecule has 0 N–H and O–H groups in total. The Morgan fingerprint density at radius 2 is 1.92 bits per heavy atom. The van der Waals surface area contributed by atoms with Gasteiger partial charge in [0.05, 0.1) is 23.3 Å². The fraction of sp³-hybridized carbons (Fsp3) is 0.250. The first-order valence-corrected chi connectivity index (χ1v) is 8.97. The van der Waals surface area contributed by atoms with Crippen LogP contribution in [0, 0.1) is 0 Å². The number of alkyl halides is 1. The van der Waals surface area contributed by atoms with Gasteiger partial charge in [-0.1, -0.05) is 59.3 Å². The summed E-state index contributed by atoms with van der Waals surface area (Å²) in [5, 5.41) is 2.16. The van der Waals surface area contributed by atoms with E-state index in [9.17, 15) is 4.79 Å². The van der Waals surface area contributed by atoms with Gasteiger partial charge in [-0.3, -0.25) is 0 Å². The Hall–Kier alpha value is -2.07. The van der Waals surface area contributed by atoms with Gasteiger partial charge in [-0.05, 0) is 24.1 Å². The summed E-state index contributed by atoms with van der Waals surface area (Å²) >= 11 is 3.63. The van der Waals surface area contributed by atoms with Crippen LogP contribution >= 0.6 is 15.9 Å². The molecule has 124 valence electrons. The third-order valence-electron chi connectivity index (χ3n) is 4.03. The molecule has 0 bridgehead atoms. The molecule has 1 atom stereocenters. The van der Waals surface area contributed by atoms with Crippen molar-refractivity contribution < 1.29 is 13.9 Å². The third kappa shape index (κ3) is 3.70. The van der Waals surface area contributed by atoms with Crippen molar-refractivity contribution in [2.75, 3.05) is 6.61 Å². The van der Waals surface area contributed by atoms with Crippen LogP contribution in [-0.2, 0) is 11.2 Å². The molecular weight excluding hydrogens is 368 g/mol. The summed E-state index contributed by atoms with van der Waals surface area (Å²) < 4.78 is 11.0. The molecule has 2 aromatic carbocycles. The Kier molecular flexibility index (Phi) is 5.36. The molecule has 1 heterocycles. The molecule has 0 radical (unpaired) electrons. The molecule has 0 amide bonds. The standard InChI is InChI=1S/C20H19BrO3/c1-2-14-7-9-15(10-8-14)20(22)23-12-11-18(21)19-17-6-4-3-5-16(17)13-24-19/h3-10,13,18H,2,11-12H2,1H3. The summed E-state index contributed by atoms with van der Waals surface area (Å²) in [4.78, 5) is 12.1. The average molecular weight is 387 g/mol. The highest BCUT2D eigenvalue weighted by molar-refractivity contribution is 9.09. The maximum Gasteiger partial charge on any atom is 0.338 e. The normalized spacial score (nSPS) is 12.2. The number of benzene rings is 2. The summed E-state index contributed by atoms with van der Waals surface area (Å²) in [6.07, 6.45) is 3.36. The number of carbonyl (C=O) groups is 1. The van der Waals surface area contributed by atoms with Gasteiger partial charge in [0.25, 0.3) is 0 Å². The zero-order chi connectivity index (χ0) is 16.9. The molecule has 0 saturated carbocycles. The van der Waals surface area contributed by atoms with Crippen LogP contribution < -0.4 is 0 Å². The first kappa shape index (κ1) is 16.8. The smallest absolute Gasteiger partial charge is 0.338 e. The van der Waals surface area contributed by atoms with Crippen LogP contribution in [0.5, 0.6) is 0 Å². The largest absolute Gasteiger partial charge is 0.467 e. The summed E-state index contributed by atoms with van der Waals surface area (Å²) in [7, 11) is 0. The van der Waals surface area contributed by atoms with Gasteiger partial charge < -0.3 is 9.15 Å². The highest BCUT2D eigenvalue weighted by Gasteiger charge is 2.16. The van der Waals surface area contributed by atoms with Crippen molar-refractivity contribution in [2.24, 2.45) is 0 Å². The minimum atomic E-state index is -0.290. The van der Waals surface area contributed by atoms with E-state index in [0.717, 1.165) is 23.0 Å². The summed E-state index contributed by atoms with van der Waals surface area (Å²) in [5.41, 5.74) is 1.79. The van der Waals surface area contributed by atoms with Crippen molar-refractivity contribution in [2.45, 2.75) is 24.6 Å². The van der Waals surface area contributed by atoms with E-state index in [4.69, 9.17) is 9.15 Å². The third-order valence-corrected chi connectivity index (χ3v) is 4.90. The second-order valence-electron chi connectivity index (χ2n) is 5.63. The van der Waals surface area contributed by atoms with Gasteiger partial charge in [0, 0.05) is 17.2 Å². The topological polar surface area (TPSA) is 39.4 Å². The van der Waals surface area contributed by atoms with Crippen LogP contribution in [0.2, 0.25) is 0 Å². The van der Waals surface area contributed by atoms with Gasteiger partial charge in [0.2, 0.25) is 0 Å². The van der Waals surface area contributed by atoms with Gasteiger partial charge >= 0.3 is 5.97 Å². The molecule has 0 fully saturated rings. The van der Waals surface area contributed by atoms with Crippen LogP contribution in [0.4, 0.5) is 0 Å². The average Bonchev–Trinajstić information content (AvgIpc) is 3.06. The molecule has 0 spiro atoms. The molecule has 3 aromatic rings. The number of hydrogen-bond donors (Lipinski definition) is 0. The Bertz CT molecular complexity index is 820. The molecule has 0 aliphatic carbocycles. The molecule has 4 heteroatoms. The highest BCUT2D eigenvalue weighted by Crippen LogP contribution is 2.33. The molecule has 24 heavy (non-hydrogen) atoms. The number of halogens is 1. The molecule has 1 aromatic heterocycles. The second-order valence-corrected chi connectivity index (χ2v) is 6.74. The maximum atomic E-state index is 12.1. The lowest BCUT2D eigenvalue weighted by Crippen LogP contribution is -2.07. The molecule has 0 aliphatic rings. The fourth-order valence-corrected chi connectivity index (χ4v) is 3.14. The molecule has 3 nitrogen and oxygen atoms in total. The van der Waals surface area contributed by atoms with Crippen molar-refractivity contribution in [3.05, 3.63) is 71.7 Å². The van der Waals surface area contributed by atoms with Crippen molar-refractivity contribution in [3.8, 4) is 0 Å². The quantitative estimate of drug-likeness (QED) is 0.404. The highest BCUT2D eigenvalue weighted by atomic mass is 79.9. The van der Waals surface area contributed by atoms with E-state index in [1.54, 1.807) is 6.26 Å². The van der Waals surface area contributed by atoms with Gasteiger partial charge in [0.1, 0.15) is 5.76 Å². The van der Waals surface area contributed by atoms with Crippen LogP contribution in [0.25, 0.3) is 10.8 Å². The van der Waals surface area contributed by atoms with Crippen molar-refractivity contribution in [3.63, 3.8) is 0 Å². The number of furan rings is 1. The Labute approximate surface area is 149 Å². The van der Waals surface area contributed by atoms with Crippen molar-refractivity contribution in [1.29, 1.82) is 0 Å². The van der Waals surface area contributed by atoms with E-state index in [0.29, 0.717) is 18.6 Å². The zero-order valence-electron chi connectivity index (χ0n) is 13.5. The second kappa shape index (κ2) is 7.67. The Morgan fingerprint density at radius 3 is 2.67 bits per heavy atom. The lowest BCUT2D eigenvalue weighted by molar-refractivity contribution is 0.0499. The maximum absolute atomic E-state index is 12.1. The van der Waals surface area contributed by atoms with Crippen molar-refractivity contribution >= 4 is 32.7 Å². The van der Waals surface area contributed by atoms with Crippen LogP contribution in [-0.4, -0.2) is 12.6 Å². The predicted molar refractivity (Wildman–Crippen MR) is 98.6 cm³/mol. The number of carbonyl (C=O) groups excluding carboxylic acids is 1. The van der Waals surface area contributed by atoms with E-state index in [2.05, 4.69) is 22.9 Å². The molecule has 0 aliphatic heterocycles. The van der Waals surface area contributed by atoms with Gasteiger partial charge in [0.15, 0.2) is 0 Å². The van der Waals surface area contributed by atoms with Crippen LogP contribution in [0.15, 0.2) is 59.2 Å². The molecule has 3 rings (SSSR count). The summed E-state index contributed by atoms with van der Waals surface area (Å²) in [6, 6.07) is 15.6.